The number of anilines is 2. The summed E-state index contributed by atoms with van der Waals surface area (Å²) in [4.78, 5) is 0. The van der Waals surface area contributed by atoms with E-state index in [-0.39, 0.29) is 0 Å². The quantitative estimate of drug-likeness (QED) is 0.841. The van der Waals surface area contributed by atoms with Crippen LogP contribution in [-0.2, 0) is 6.42 Å². The van der Waals surface area contributed by atoms with Crippen molar-refractivity contribution in [1.29, 1.82) is 0 Å². The molecule has 4 nitrogen and oxygen atoms in total. The molecule has 0 bridgehead atoms. The van der Waals surface area contributed by atoms with Crippen molar-refractivity contribution < 1.29 is 4.74 Å². The number of hydrogen-bond donors (Lipinski definition) is 2. The highest BCUT2D eigenvalue weighted by atomic mass is 32.1. The second-order valence-electron chi connectivity index (χ2n) is 3.82. The minimum atomic E-state index is 0.462. The molecule has 0 unspecified atom stereocenters. The fourth-order valence-electron chi connectivity index (χ4n) is 1.66. The lowest BCUT2D eigenvalue weighted by atomic mass is 10.1. The summed E-state index contributed by atoms with van der Waals surface area (Å²) >= 11 is 1.34. The summed E-state index contributed by atoms with van der Waals surface area (Å²) in [6.45, 7) is 3.37. The lowest BCUT2D eigenvalue weighted by molar-refractivity contribution is 0.344. The Bertz CT molecular complexity index is 484. The number of aromatic nitrogens is 1. The van der Waals surface area contributed by atoms with Gasteiger partial charge in [-0.25, -0.2) is 0 Å². The van der Waals surface area contributed by atoms with Crippen LogP contribution < -0.4 is 15.8 Å². The van der Waals surface area contributed by atoms with E-state index in [1.165, 1.54) is 17.1 Å². The smallest absolute Gasteiger partial charge is 0.197 e. The largest absolute Gasteiger partial charge is 0.487 e. The molecule has 0 aliphatic carbocycles. The van der Waals surface area contributed by atoms with Gasteiger partial charge in [0.05, 0.1) is 6.61 Å². The maximum Gasteiger partial charge on any atom is 0.197 e. The summed E-state index contributed by atoms with van der Waals surface area (Å²) in [7, 11) is 0. The average molecular weight is 263 g/mol. The molecule has 3 N–H and O–H groups in total. The first-order valence-electron chi connectivity index (χ1n) is 5.97. The third-order valence-corrected chi connectivity index (χ3v) is 3.31. The first-order valence-corrected chi connectivity index (χ1v) is 6.74. The summed E-state index contributed by atoms with van der Waals surface area (Å²) in [5.74, 6) is 1.14. The molecule has 5 heteroatoms. The lowest BCUT2D eigenvalue weighted by Crippen LogP contribution is -2.05. The van der Waals surface area contributed by atoms with E-state index >= 15 is 0 Å². The summed E-state index contributed by atoms with van der Waals surface area (Å²) < 4.78 is 9.56. The van der Waals surface area contributed by atoms with Crippen molar-refractivity contribution >= 4 is 22.4 Å². The van der Waals surface area contributed by atoms with Gasteiger partial charge in [0.2, 0.25) is 0 Å². The average Bonchev–Trinajstić information content (AvgIpc) is 2.73. The van der Waals surface area contributed by atoms with E-state index in [2.05, 4.69) is 21.8 Å². The van der Waals surface area contributed by atoms with Gasteiger partial charge in [0.25, 0.3) is 0 Å². The normalized spacial score (nSPS) is 10.3. The number of hydrogen-bond acceptors (Lipinski definition) is 5. The Morgan fingerprint density at radius 3 is 2.83 bits per heavy atom. The molecule has 0 saturated carbocycles. The number of ether oxygens (including phenoxy) is 1. The van der Waals surface area contributed by atoms with Gasteiger partial charge in [-0.3, -0.25) is 0 Å². The highest BCUT2D eigenvalue weighted by Gasteiger charge is 2.11. The molecule has 96 valence electrons. The Labute approximate surface area is 111 Å². The van der Waals surface area contributed by atoms with Crippen LogP contribution in [0.1, 0.15) is 12.5 Å². The van der Waals surface area contributed by atoms with Gasteiger partial charge in [0.1, 0.15) is 0 Å². The summed E-state index contributed by atoms with van der Waals surface area (Å²) in [5.41, 5.74) is 7.05. The van der Waals surface area contributed by atoms with Crippen molar-refractivity contribution in [2.45, 2.75) is 13.3 Å². The van der Waals surface area contributed by atoms with Crippen molar-refractivity contribution in [2.24, 2.45) is 0 Å². The van der Waals surface area contributed by atoms with E-state index in [4.69, 9.17) is 10.5 Å². The van der Waals surface area contributed by atoms with Crippen LogP contribution in [0, 0.1) is 0 Å². The Hall–Kier alpha value is -1.75. The number of rotatable bonds is 6. The standard InChI is InChI=1S/C13H17N3OS/c1-2-17-11-12(14)16-18-13(11)15-9-8-10-6-4-3-5-7-10/h3-7,15H,2,8-9H2,1H3,(H2,14,16). The molecule has 0 aliphatic rings. The Balaban J connectivity index is 1.90. The van der Waals surface area contributed by atoms with E-state index < -0.39 is 0 Å². The van der Waals surface area contributed by atoms with Crippen molar-refractivity contribution in [3.8, 4) is 5.75 Å². The molecule has 0 aliphatic heterocycles. The van der Waals surface area contributed by atoms with Gasteiger partial charge >= 0.3 is 0 Å². The van der Waals surface area contributed by atoms with Crippen LogP contribution in [0.3, 0.4) is 0 Å². The Morgan fingerprint density at radius 1 is 1.33 bits per heavy atom. The predicted octanol–water partition coefficient (Wildman–Crippen LogP) is 2.78. The number of nitrogens with two attached hydrogens (primary N) is 1. The number of benzene rings is 1. The SMILES string of the molecule is CCOc1c(N)nsc1NCCc1ccccc1. The zero-order chi connectivity index (χ0) is 12.8. The fourth-order valence-corrected chi connectivity index (χ4v) is 2.34. The molecule has 1 heterocycles. The zero-order valence-corrected chi connectivity index (χ0v) is 11.2. The second kappa shape index (κ2) is 6.26. The van der Waals surface area contributed by atoms with E-state index in [1.807, 2.05) is 25.1 Å². The molecule has 0 spiro atoms. The Kier molecular flexibility index (Phi) is 4.41. The number of nitrogen functional groups attached to an aromatic ring is 1. The predicted molar refractivity (Wildman–Crippen MR) is 76.3 cm³/mol. The van der Waals surface area contributed by atoms with Crippen LogP contribution in [0.5, 0.6) is 5.75 Å². The zero-order valence-electron chi connectivity index (χ0n) is 10.3. The van der Waals surface area contributed by atoms with E-state index in [1.54, 1.807) is 0 Å². The molecule has 1 aromatic heterocycles. The van der Waals surface area contributed by atoms with Crippen LogP contribution in [0.25, 0.3) is 0 Å². The lowest BCUT2D eigenvalue weighted by Gasteiger charge is -2.07. The molecule has 0 amide bonds. The maximum absolute atomic E-state index is 5.74. The highest BCUT2D eigenvalue weighted by Crippen LogP contribution is 2.34. The van der Waals surface area contributed by atoms with Gasteiger partial charge in [0.15, 0.2) is 16.6 Å². The molecule has 0 radical (unpaired) electrons. The van der Waals surface area contributed by atoms with Gasteiger partial charge in [-0.15, -0.1) is 0 Å². The molecule has 2 rings (SSSR count). The molecule has 1 aromatic carbocycles. The monoisotopic (exact) mass is 263 g/mol. The van der Waals surface area contributed by atoms with Crippen molar-refractivity contribution in [2.75, 3.05) is 24.2 Å². The maximum atomic E-state index is 5.74. The third-order valence-electron chi connectivity index (χ3n) is 2.50. The van der Waals surface area contributed by atoms with Gasteiger partial charge in [-0.2, -0.15) is 4.37 Å². The highest BCUT2D eigenvalue weighted by molar-refractivity contribution is 7.11. The first-order chi connectivity index (χ1) is 8.81. The minimum Gasteiger partial charge on any atom is -0.487 e. The van der Waals surface area contributed by atoms with Crippen LogP contribution in [0.15, 0.2) is 30.3 Å². The van der Waals surface area contributed by atoms with Gasteiger partial charge < -0.3 is 15.8 Å². The van der Waals surface area contributed by atoms with Gasteiger partial charge in [-0.1, -0.05) is 30.3 Å². The first kappa shape index (κ1) is 12.7. The third kappa shape index (κ3) is 3.13. The summed E-state index contributed by atoms with van der Waals surface area (Å²) in [5, 5.41) is 4.23. The van der Waals surface area contributed by atoms with Crippen molar-refractivity contribution in [3.63, 3.8) is 0 Å². The van der Waals surface area contributed by atoms with Crippen molar-refractivity contribution in [3.05, 3.63) is 35.9 Å². The number of nitrogens with zero attached hydrogens (tertiary/aromatic N) is 1. The fraction of sp³-hybridized carbons (Fsp3) is 0.308. The van der Waals surface area contributed by atoms with Gasteiger partial charge in [-0.05, 0) is 30.4 Å². The van der Waals surface area contributed by atoms with Crippen LogP contribution >= 0.6 is 11.5 Å². The van der Waals surface area contributed by atoms with Crippen LogP contribution in [0.4, 0.5) is 10.8 Å². The van der Waals surface area contributed by atoms with Crippen molar-refractivity contribution in [1.82, 2.24) is 4.37 Å². The molecule has 0 fully saturated rings. The van der Waals surface area contributed by atoms with E-state index in [0.717, 1.165) is 18.0 Å². The van der Waals surface area contributed by atoms with Crippen LogP contribution in [-0.4, -0.2) is 17.5 Å². The topological polar surface area (TPSA) is 60.2 Å². The molecule has 18 heavy (non-hydrogen) atoms. The molecular weight excluding hydrogens is 246 g/mol. The minimum absolute atomic E-state index is 0.462. The second-order valence-corrected chi connectivity index (χ2v) is 4.59. The van der Waals surface area contributed by atoms with Gasteiger partial charge in [0, 0.05) is 6.54 Å². The molecule has 0 saturated heterocycles. The summed E-state index contributed by atoms with van der Waals surface area (Å²) in [6, 6.07) is 10.4. The van der Waals surface area contributed by atoms with E-state index in [9.17, 15) is 0 Å². The summed E-state index contributed by atoms with van der Waals surface area (Å²) in [6.07, 6.45) is 0.963. The number of nitrogens with one attached hydrogen (secondary N) is 1. The molecular formula is C13H17N3OS. The molecule has 2 aromatic rings. The molecule has 0 atom stereocenters. The Morgan fingerprint density at radius 2 is 2.11 bits per heavy atom. The van der Waals surface area contributed by atoms with Crippen LogP contribution in [0.2, 0.25) is 0 Å². The van der Waals surface area contributed by atoms with E-state index in [0.29, 0.717) is 18.2 Å².